The molecule has 0 aromatic carbocycles. The lowest BCUT2D eigenvalue weighted by Crippen LogP contribution is -1.89. The van der Waals surface area contributed by atoms with E-state index >= 15 is 0 Å². The lowest BCUT2D eigenvalue weighted by Gasteiger charge is -2.02. The van der Waals surface area contributed by atoms with Crippen molar-refractivity contribution in [3.05, 3.63) is 19.1 Å². The van der Waals surface area contributed by atoms with Crippen LogP contribution in [-0.2, 0) is 0 Å². The summed E-state index contributed by atoms with van der Waals surface area (Å²) in [4.78, 5) is 0. The van der Waals surface area contributed by atoms with Crippen LogP contribution < -0.4 is 0 Å². The standard InChI is InChI=1S/C8H12/c1-8-6-4-2-3-5-7-8/h1-3,8H,4-7H2. The van der Waals surface area contributed by atoms with Gasteiger partial charge in [-0.15, -0.1) is 0 Å². The molecule has 0 spiro atoms. The van der Waals surface area contributed by atoms with Gasteiger partial charge < -0.3 is 0 Å². The Morgan fingerprint density at radius 2 is 1.62 bits per heavy atom. The molecule has 44 valence electrons. The highest BCUT2D eigenvalue weighted by Crippen LogP contribution is 2.16. The van der Waals surface area contributed by atoms with Crippen LogP contribution in [0, 0.1) is 12.8 Å². The minimum atomic E-state index is 0.463. The maximum Gasteiger partial charge on any atom is -0.0318 e. The third-order valence-electron chi connectivity index (χ3n) is 1.57. The molecule has 0 N–H and O–H groups in total. The van der Waals surface area contributed by atoms with Crippen molar-refractivity contribution in [1.29, 1.82) is 0 Å². The Bertz CT molecular complexity index is 72.0. The summed E-state index contributed by atoms with van der Waals surface area (Å²) in [6.07, 6.45) is 9.18. The third kappa shape index (κ3) is 1.69. The molecule has 0 bridgehead atoms. The highest BCUT2D eigenvalue weighted by atomic mass is 14.1. The van der Waals surface area contributed by atoms with Gasteiger partial charge in [-0.3, -0.25) is 0 Å². The zero-order valence-electron chi connectivity index (χ0n) is 5.14. The molecule has 0 nitrogen and oxygen atoms in total. The summed E-state index contributed by atoms with van der Waals surface area (Å²) in [6.45, 7) is 5.69. The largest absolute Gasteiger partial charge is 0.0885 e. The average molecular weight is 108 g/mol. The Labute approximate surface area is 51.6 Å². The van der Waals surface area contributed by atoms with Crippen molar-refractivity contribution in [2.45, 2.75) is 25.7 Å². The van der Waals surface area contributed by atoms with E-state index in [2.05, 4.69) is 12.2 Å². The zero-order chi connectivity index (χ0) is 5.82. The van der Waals surface area contributed by atoms with Gasteiger partial charge in [-0.2, -0.15) is 0 Å². The Hall–Kier alpha value is -0.260. The van der Waals surface area contributed by atoms with E-state index < -0.39 is 0 Å². The van der Waals surface area contributed by atoms with Gasteiger partial charge >= 0.3 is 0 Å². The molecule has 1 rings (SSSR count). The van der Waals surface area contributed by atoms with E-state index in [-0.39, 0.29) is 0 Å². The molecule has 0 heteroatoms. The van der Waals surface area contributed by atoms with Gasteiger partial charge in [0.25, 0.3) is 0 Å². The van der Waals surface area contributed by atoms with Gasteiger partial charge in [0, 0.05) is 0 Å². The normalized spacial score (nSPS) is 23.1. The van der Waals surface area contributed by atoms with Crippen molar-refractivity contribution in [2.24, 2.45) is 5.92 Å². The van der Waals surface area contributed by atoms with E-state index in [1.807, 2.05) is 0 Å². The topological polar surface area (TPSA) is 0 Å². The van der Waals surface area contributed by atoms with Crippen LogP contribution in [-0.4, -0.2) is 0 Å². The van der Waals surface area contributed by atoms with Gasteiger partial charge in [0.2, 0.25) is 0 Å². The first-order valence-corrected chi connectivity index (χ1v) is 3.30. The Morgan fingerprint density at radius 3 is 2.12 bits per heavy atom. The monoisotopic (exact) mass is 108 g/mol. The van der Waals surface area contributed by atoms with E-state index in [0.717, 1.165) is 0 Å². The molecule has 0 aromatic rings. The van der Waals surface area contributed by atoms with Crippen molar-refractivity contribution in [1.82, 2.24) is 0 Å². The highest BCUT2D eigenvalue weighted by molar-refractivity contribution is 4.87. The fourth-order valence-corrected chi connectivity index (χ4v) is 1.00. The summed E-state index contributed by atoms with van der Waals surface area (Å²) in [6, 6.07) is 0. The zero-order valence-corrected chi connectivity index (χ0v) is 5.14. The number of hydrogen-bond acceptors (Lipinski definition) is 0. The van der Waals surface area contributed by atoms with Crippen LogP contribution in [0.15, 0.2) is 12.2 Å². The Kier molecular flexibility index (Phi) is 2.13. The molecule has 0 fully saturated rings. The van der Waals surface area contributed by atoms with E-state index in [1.165, 1.54) is 25.7 Å². The predicted octanol–water partition coefficient (Wildman–Crippen LogP) is 2.44. The molecule has 0 aliphatic heterocycles. The van der Waals surface area contributed by atoms with E-state index in [9.17, 15) is 0 Å². The second-order valence-electron chi connectivity index (χ2n) is 2.39. The van der Waals surface area contributed by atoms with Gasteiger partial charge in [0.05, 0.1) is 0 Å². The SMILES string of the molecule is [CH]C1CCC=CCC1. The molecule has 1 aliphatic rings. The molecule has 8 heavy (non-hydrogen) atoms. The van der Waals surface area contributed by atoms with Crippen LogP contribution in [0.4, 0.5) is 0 Å². The first kappa shape index (κ1) is 5.87. The molecule has 1 aliphatic carbocycles. The molecule has 0 heterocycles. The van der Waals surface area contributed by atoms with Crippen LogP contribution in [0.3, 0.4) is 0 Å². The van der Waals surface area contributed by atoms with Gasteiger partial charge in [-0.1, -0.05) is 12.2 Å². The van der Waals surface area contributed by atoms with Gasteiger partial charge in [-0.05, 0) is 38.5 Å². The van der Waals surface area contributed by atoms with E-state index in [0.29, 0.717) is 5.92 Å². The Balaban J connectivity index is 2.28. The second-order valence-corrected chi connectivity index (χ2v) is 2.39. The third-order valence-corrected chi connectivity index (χ3v) is 1.57. The molecular formula is C8H12. The minimum absolute atomic E-state index is 0.463. The van der Waals surface area contributed by atoms with Crippen LogP contribution in [0.2, 0.25) is 0 Å². The van der Waals surface area contributed by atoms with Crippen molar-refractivity contribution < 1.29 is 0 Å². The number of rotatable bonds is 0. The lowest BCUT2D eigenvalue weighted by molar-refractivity contribution is 0.566. The molecule has 0 atom stereocenters. The Morgan fingerprint density at radius 1 is 1.12 bits per heavy atom. The minimum Gasteiger partial charge on any atom is -0.0885 e. The first-order chi connectivity index (χ1) is 3.89. The molecule has 0 unspecified atom stereocenters. The van der Waals surface area contributed by atoms with Crippen molar-refractivity contribution >= 4 is 0 Å². The molecule has 2 radical (unpaired) electrons. The molecular weight excluding hydrogens is 96.1 g/mol. The molecule has 0 amide bonds. The smallest absolute Gasteiger partial charge is 0.0318 e. The summed E-state index contributed by atoms with van der Waals surface area (Å²) >= 11 is 0. The molecule has 0 saturated carbocycles. The fraction of sp³-hybridized carbons (Fsp3) is 0.625. The van der Waals surface area contributed by atoms with Crippen LogP contribution in [0.25, 0.3) is 0 Å². The van der Waals surface area contributed by atoms with E-state index in [4.69, 9.17) is 6.92 Å². The van der Waals surface area contributed by atoms with Gasteiger partial charge in [0.15, 0.2) is 0 Å². The molecule has 0 saturated heterocycles. The lowest BCUT2D eigenvalue weighted by atomic mass is 10.0. The summed E-state index contributed by atoms with van der Waals surface area (Å²) in [5.41, 5.74) is 0. The quantitative estimate of drug-likeness (QED) is 0.418. The van der Waals surface area contributed by atoms with Gasteiger partial charge in [0.1, 0.15) is 0 Å². The first-order valence-electron chi connectivity index (χ1n) is 3.30. The van der Waals surface area contributed by atoms with E-state index in [1.54, 1.807) is 0 Å². The van der Waals surface area contributed by atoms with Gasteiger partial charge in [-0.25, -0.2) is 0 Å². The summed E-state index contributed by atoms with van der Waals surface area (Å²) in [5.74, 6) is 0.463. The summed E-state index contributed by atoms with van der Waals surface area (Å²) < 4.78 is 0. The van der Waals surface area contributed by atoms with Crippen LogP contribution in [0.1, 0.15) is 25.7 Å². The summed E-state index contributed by atoms with van der Waals surface area (Å²) in [5, 5.41) is 0. The second kappa shape index (κ2) is 2.91. The van der Waals surface area contributed by atoms with Crippen LogP contribution >= 0.6 is 0 Å². The van der Waals surface area contributed by atoms with Crippen LogP contribution in [0.5, 0.6) is 0 Å². The maximum absolute atomic E-state index is 5.69. The summed E-state index contributed by atoms with van der Waals surface area (Å²) in [7, 11) is 0. The highest BCUT2D eigenvalue weighted by Gasteiger charge is 2.01. The fourth-order valence-electron chi connectivity index (χ4n) is 1.00. The molecule has 0 aromatic heterocycles. The van der Waals surface area contributed by atoms with Crippen molar-refractivity contribution in [3.63, 3.8) is 0 Å². The average Bonchev–Trinajstić information content (AvgIpc) is 1.94. The van der Waals surface area contributed by atoms with Crippen molar-refractivity contribution in [2.75, 3.05) is 0 Å². The number of hydrogen-bond donors (Lipinski definition) is 0. The van der Waals surface area contributed by atoms with Crippen molar-refractivity contribution in [3.8, 4) is 0 Å². The predicted molar refractivity (Wildman–Crippen MR) is 35.4 cm³/mol. The number of allylic oxidation sites excluding steroid dienone is 2. The maximum atomic E-state index is 5.69.